The van der Waals surface area contributed by atoms with Crippen molar-refractivity contribution in [1.29, 1.82) is 0 Å². The molecule has 8 heteroatoms. The van der Waals surface area contributed by atoms with Gasteiger partial charge in [-0.2, -0.15) is 0 Å². The number of aryl methyl sites for hydroxylation is 3. The second-order valence-corrected chi connectivity index (χ2v) is 12.6. The number of anilines is 1. The zero-order chi connectivity index (χ0) is 31.0. The molecule has 4 rings (SSSR count). The van der Waals surface area contributed by atoms with Crippen LogP contribution in [0.2, 0.25) is 0 Å². The van der Waals surface area contributed by atoms with Crippen LogP contribution in [-0.4, -0.2) is 44.3 Å². The fraction of sp³-hybridized carbons (Fsp3) is 0.257. The van der Waals surface area contributed by atoms with Gasteiger partial charge in [0.15, 0.2) is 0 Å². The Balaban J connectivity index is 1.81. The van der Waals surface area contributed by atoms with Crippen LogP contribution in [0.3, 0.4) is 0 Å². The summed E-state index contributed by atoms with van der Waals surface area (Å²) < 4.78 is 29.3. The molecule has 4 aromatic carbocycles. The Morgan fingerprint density at radius 1 is 0.767 bits per heavy atom. The van der Waals surface area contributed by atoms with Crippen molar-refractivity contribution < 1.29 is 18.0 Å². The summed E-state index contributed by atoms with van der Waals surface area (Å²) in [5, 5.41) is 2.89. The van der Waals surface area contributed by atoms with Crippen molar-refractivity contribution in [1.82, 2.24) is 10.2 Å². The molecule has 224 valence electrons. The lowest BCUT2D eigenvalue weighted by atomic mass is 10.0. The number of carbonyl (C=O) groups is 2. The van der Waals surface area contributed by atoms with E-state index in [1.807, 2.05) is 88.4 Å². The van der Waals surface area contributed by atoms with E-state index >= 15 is 0 Å². The molecule has 0 fully saturated rings. The first-order valence-electron chi connectivity index (χ1n) is 14.4. The van der Waals surface area contributed by atoms with Crippen molar-refractivity contribution in [2.24, 2.45) is 0 Å². The van der Waals surface area contributed by atoms with Gasteiger partial charge in [-0.05, 0) is 74.2 Å². The van der Waals surface area contributed by atoms with E-state index in [-0.39, 0.29) is 23.8 Å². The van der Waals surface area contributed by atoms with Crippen LogP contribution in [0.5, 0.6) is 0 Å². The maximum absolute atomic E-state index is 14.4. The Labute approximate surface area is 255 Å². The van der Waals surface area contributed by atoms with Gasteiger partial charge in [0.1, 0.15) is 12.6 Å². The van der Waals surface area contributed by atoms with E-state index in [0.717, 1.165) is 32.1 Å². The molecular weight excluding hydrogens is 558 g/mol. The first-order valence-corrected chi connectivity index (χ1v) is 15.9. The molecule has 0 aliphatic heterocycles. The number of carbonyl (C=O) groups excluding carboxylic acids is 2. The average molecular weight is 598 g/mol. The molecule has 0 radical (unpaired) electrons. The summed E-state index contributed by atoms with van der Waals surface area (Å²) in [5.41, 5.74) is 5.05. The van der Waals surface area contributed by atoms with Crippen LogP contribution in [0.4, 0.5) is 5.69 Å². The lowest BCUT2D eigenvalue weighted by molar-refractivity contribution is -0.140. The Kier molecular flexibility index (Phi) is 10.4. The molecule has 1 atom stereocenters. The van der Waals surface area contributed by atoms with Gasteiger partial charge in [0, 0.05) is 19.5 Å². The van der Waals surface area contributed by atoms with Crippen LogP contribution >= 0.6 is 0 Å². The van der Waals surface area contributed by atoms with Crippen molar-refractivity contribution in [3.8, 4) is 0 Å². The Hall–Kier alpha value is -4.43. The number of sulfonamides is 1. The van der Waals surface area contributed by atoms with Crippen molar-refractivity contribution >= 4 is 27.5 Å². The summed E-state index contributed by atoms with van der Waals surface area (Å²) in [5.74, 6) is -0.776. The number of hydrogen-bond donors (Lipinski definition) is 1. The van der Waals surface area contributed by atoms with Crippen LogP contribution in [0.15, 0.2) is 108 Å². The monoisotopic (exact) mass is 597 g/mol. The van der Waals surface area contributed by atoms with Crippen LogP contribution < -0.4 is 9.62 Å². The summed E-state index contributed by atoms with van der Waals surface area (Å²) in [7, 11) is -4.12. The summed E-state index contributed by atoms with van der Waals surface area (Å²) >= 11 is 0. The zero-order valence-electron chi connectivity index (χ0n) is 25.2. The lowest BCUT2D eigenvalue weighted by Crippen LogP contribution is -2.53. The number of hydrogen-bond acceptors (Lipinski definition) is 4. The van der Waals surface area contributed by atoms with Crippen LogP contribution in [0, 0.1) is 20.8 Å². The van der Waals surface area contributed by atoms with Gasteiger partial charge in [0.2, 0.25) is 11.8 Å². The molecule has 0 heterocycles. The molecule has 0 bridgehead atoms. The molecule has 1 N–H and O–H groups in total. The van der Waals surface area contributed by atoms with Gasteiger partial charge < -0.3 is 10.2 Å². The molecule has 0 aliphatic rings. The minimum Gasteiger partial charge on any atom is -0.355 e. The first-order chi connectivity index (χ1) is 20.6. The molecule has 0 unspecified atom stereocenters. The van der Waals surface area contributed by atoms with E-state index in [2.05, 4.69) is 5.32 Å². The predicted octanol–water partition coefficient (Wildman–Crippen LogP) is 5.58. The molecule has 0 saturated heterocycles. The number of amides is 2. The van der Waals surface area contributed by atoms with Gasteiger partial charge in [0.05, 0.1) is 10.6 Å². The van der Waals surface area contributed by atoms with Crippen LogP contribution in [0.1, 0.15) is 34.7 Å². The van der Waals surface area contributed by atoms with Gasteiger partial charge in [0.25, 0.3) is 10.0 Å². The normalized spacial score (nSPS) is 11.9. The van der Waals surface area contributed by atoms with E-state index in [1.165, 1.54) is 17.0 Å². The van der Waals surface area contributed by atoms with E-state index in [4.69, 9.17) is 0 Å². The van der Waals surface area contributed by atoms with Gasteiger partial charge in [-0.1, -0.05) is 84.4 Å². The van der Waals surface area contributed by atoms with Crippen LogP contribution in [0.25, 0.3) is 0 Å². The topological polar surface area (TPSA) is 86.8 Å². The molecule has 0 aliphatic carbocycles. The second-order valence-electron chi connectivity index (χ2n) is 10.7. The molecule has 0 saturated carbocycles. The Morgan fingerprint density at radius 3 is 2.05 bits per heavy atom. The van der Waals surface area contributed by atoms with Crippen LogP contribution in [-0.2, 0) is 32.6 Å². The standard InChI is InChI=1S/C35H39N3O4S/c1-5-36-35(40)33(23-29-14-8-6-9-15-29)37(24-30-16-12-13-26(2)21-30)34(39)25-38(31-20-19-27(3)28(4)22-31)43(41,42)32-17-10-7-11-18-32/h6-22,33H,5,23-25H2,1-4H3,(H,36,40)/t33-/m0/s1. The average Bonchev–Trinajstić information content (AvgIpc) is 3.00. The molecule has 0 spiro atoms. The maximum Gasteiger partial charge on any atom is 0.264 e. The predicted molar refractivity (Wildman–Crippen MR) is 171 cm³/mol. The number of nitrogens with zero attached hydrogens (tertiary/aromatic N) is 2. The summed E-state index contributed by atoms with van der Waals surface area (Å²) in [6.45, 7) is 7.71. The van der Waals surface area contributed by atoms with Crippen molar-refractivity contribution in [3.05, 3.63) is 131 Å². The highest BCUT2D eigenvalue weighted by molar-refractivity contribution is 7.92. The second kappa shape index (κ2) is 14.2. The molecule has 4 aromatic rings. The minimum atomic E-state index is -4.12. The molecule has 43 heavy (non-hydrogen) atoms. The lowest BCUT2D eigenvalue weighted by Gasteiger charge is -2.34. The summed E-state index contributed by atoms with van der Waals surface area (Å²) in [6, 6.07) is 29.8. The fourth-order valence-corrected chi connectivity index (χ4v) is 6.41. The van der Waals surface area contributed by atoms with Gasteiger partial charge in [-0.15, -0.1) is 0 Å². The third-order valence-electron chi connectivity index (χ3n) is 7.45. The molecule has 7 nitrogen and oxygen atoms in total. The number of nitrogens with one attached hydrogen (secondary N) is 1. The summed E-state index contributed by atoms with van der Waals surface area (Å²) in [4.78, 5) is 29.6. The van der Waals surface area contributed by atoms with Gasteiger partial charge in [-0.3, -0.25) is 13.9 Å². The van der Waals surface area contributed by atoms with Crippen molar-refractivity contribution in [2.45, 2.75) is 51.6 Å². The van der Waals surface area contributed by atoms with Gasteiger partial charge in [-0.25, -0.2) is 8.42 Å². The molecule has 2 amide bonds. The fourth-order valence-electron chi connectivity index (χ4n) is 4.98. The quantitative estimate of drug-likeness (QED) is 0.231. The summed E-state index contributed by atoms with van der Waals surface area (Å²) in [6.07, 6.45) is 0.277. The van der Waals surface area contributed by atoms with E-state index in [0.29, 0.717) is 12.2 Å². The van der Waals surface area contributed by atoms with E-state index in [1.54, 1.807) is 30.3 Å². The highest BCUT2D eigenvalue weighted by Gasteiger charge is 2.34. The first kappa shape index (κ1) is 31.5. The SMILES string of the molecule is CCNC(=O)[C@H](Cc1ccccc1)N(Cc1cccc(C)c1)C(=O)CN(c1ccc(C)c(C)c1)S(=O)(=O)c1ccccc1. The Bertz CT molecular complexity index is 1660. The van der Waals surface area contributed by atoms with E-state index in [9.17, 15) is 18.0 Å². The van der Waals surface area contributed by atoms with E-state index < -0.39 is 28.5 Å². The largest absolute Gasteiger partial charge is 0.355 e. The smallest absolute Gasteiger partial charge is 0.264 e. The maximum atomic E-state index is 14.4. The number of likely N-dealkylation sites (N-methyl/N-ethyl adjacent to an activating group) is 1. The molecule has 0 aromatic heterocycles. The number of rotatable bonds is 12. The minimum absolute atomic E-state index is 0.0795. The van der Waals surface area contributed by atoms with Gasteiger partial charge >= 0.3 is 0 Å². The van der Waals surface area contributed by atoms with Crippen molar-refractivity contribution in [3.63, 3.8) is 0 Å². The zero-order valence-corrected chi connectivity index (χ0v) is 26.0. The third-order valence-corrected chi connectivity index (χ3v) is 9.23. The third kappa shape index (κ3) is 7.90. The number of benzene rings is 4. The highest BCUT2D eigenvalue weighted by Crippen LogP contribution is 2.27. The Morgan fingerprint density at radius 2 is 1.42 bits per heavy atom. The molecular formula is C35H39N3O4S. The highest BCUT2D eigenvalue weighted by atomic mass is 32.2. The van der Waals surface area contributed by atoms with Crippen molar-refractivity contribution in [2.75, 3.05) is 17.4 Å².